The first-order valence-electron chi connectivity index (χ1n) is 8.58. The Labute approximate surface area is 153 Å². The average Bonchev–Trinajstić information content (AvgIpc) is 3.06. The predicted molar refractivity (Wildman–Crippen MR) is 95.8 cm³/mol. The number of aliphatic hydroxyl groups is 1. The number of rotatable bonds is 5. The van der Waals surface area contributed by atoms with Crippen LogP contribution in [-0.4, -0.2) is 63.1 Å². The normalized spacial score (nSPS) is 22.1. The van der Waals surface area contributed by atoms with E-state index in [0.717, 1.165) is 23.4 Å². The minimum Gasteiger partial charge on any atom is -0.454 e. The summed E-state index contributed by atoms with van der Waals surface area (Å²) < 4.78 is 36.1. The molecule has 1 aliphatic heterocycles. The summed E-state index contributed by atoms with van der Waals surface area (Å²) in [5.41, 5.74) is 0.336. The Morgan fingerprint density at radius 1 is 1.23 bits per heavy atom. The molecule has 26 heavy (non-hydrogen) atoms. The second kappa shape index (κ2) is 7.32. The Kier molecular flexibility index (Phi) is 5.29. The summed E-state index contributed by atoms with van der Waals surface area (Å²) in [6.07, 6.45) is 3.73. The molecule has 1 heterocycles. The number of hydrogen-bond acceptors (Lipinski definition) is 6. The van der Waals surface area contributed by atoms with Crippen LogP contribution in [0.5, 0.6) is 11.5 Å². The van der Waals surface area contributed by atoms with E-state index in [2.05, 4.69) is 0 Å². The molecule has 1 amide bonds. The summed E-state index contributed by atoms with van der Waals surface area (Å²) in [7, 11) is -2.07. The van der Waals surface area contributed by atoms with Crippen molar-refractivity contribution in [1.29, 1.82) is 0 Å². The molecule has 0 radical (unpaired) electrons. The number of amides is 1. The number of hydrogen-bond donors (Lipinski definition) is 1. The van der Waals surface area contributed by atoms with E-state index >= 15 is 0 Å². The zero-order valence-corrected chi connectivity index (χ0v) is 15.7. The topological polar surface area (TPSA) is 96.4 Å². The Morgan fingerprint density at radius 2 is 1.92 bits per heavy atom. The number of aliphatic hydroxyl groups excluding tert-OH is 1. The van der Waals surface area contributed by atoms with Crippen LogP contribution in [0.15, 0.2) is 18.2 Å². The van der Waals surface area contributed by atoms with Gasteiger partial charge in [0.25, 0.3) is 0 Å². The standard InChI is InChI=1S/C17H24N2O6S/c1-18(13-5-3-4-6-14(13)20)17(21)10-19(26(2,22)23)12-7-8-15-16(9-12)25-11-24-15/h7-9,13-14,20H,3-6,10-11H2,1-2H3. The van der Waals surface area contributed by atoms with E-state index < -0.39 is 16.1 Å². The van der Waals surface area contributed by atoms with Crippen molar-refractivity contribution in [1.82, 2.24) is 4.90 Å². The maximum atomic E-state index is 12.7. The van der Waals surface area contributed by atoms with Crippen LogP contribution in [-0.2, 0) is 14.8 Å². The maximum absolute atomic E-state index is 12.7. The van der Waals surface area contributed by atoms with Crippen molar-refractivity contribution in [2.45, 2.75) is 37.8 Å². The molecule has 1 N–H and O–H groups in total. The fraction of sp³-hybridized carbons (Fsp3) is 0.588. The van der Waals surface area contributed by atoms with Gasteiger partial charge in [0, 0.05) is 13.1 Å². The van der Waals surface area contributed by atoms with Crippen molar-refractivity contribution >= 4 is 21.6 Å². The maximum Gasteiger partial charge on any atom is 0.243 e. The number of benzene rings is 1. The number of likely N-dealkylation sites (N-methyl/N-ethyl adjacent to an activating group) is 1. The summed E-state index contributed by atoms with van der Waals surface area (Å²) in [6.45, 7) is -0.253. The molecule has 0 saturated heterocycles. The van der Waals surface area contributed by atoms with Crippen LogP contribution in [0.25, 0.3) is 0 Å². The molecule has 2 unspecified atom stereocenters. The molecule has 0 bridgehead atoms. The van der Waals surface area contributed by atoms with E-state index in [1.54, 1.807) is 25.2 Å². The lowest BCUT2D eigenvalue weighted by Crippen LogP contribution is -2.50. The van der Waals surface area contributed by atoms with Crippen LogP contribution in [0.2, 0.25) is 0 Å². The minimum atomic E-state index is -3.68. The predicted octanol–water partition coefficient (Wildman–Crippen LogP) is 0.943. The van der Waals surface area contributed by atoms with Crippen LogP contribution in [0.1, 0.15) is 25.7 Å². The van der Waals surface area contributed by atoms with Gasteiger partial charge >= 0.3 is 0 Å². The number of anilines is 1. The third-order valence-electron chi connectivity index (χ3n) is 4.91. The molecule has 144 valence electrons. The van der Waals surface area contributed by atoms with E-state index in [0.29, 0.717) is 30.0 Å². The molecule has 2 atom stereocenters. The summed E-state index contributed by atoms with van der Waals surface area (Å²) in [4.78, 5) is 14.2. The molecule has 9 heteroatoms. The van der Waals surface area contributed by atoms with Crippen molar-refractivity contribution in [3.63, 3.8) is 0 Å². The minimum absolute atomic E-state index is 0.0822. The van der Waals surface area contributed by atoms with E-state index in [1.165, 1.54) is 4.90 Å². The Morgan fingerprint density at radius 3 is 2.62 bits per heavy atom. The van der Waals surface area contributed by atoms with E-state index in [1.807, 2.05) is 0 Å². The van der Waals surface area contributed by atoms with Gasteiger partial charge in [-0.2, -0.15) is 0 Å². The smallest absolute Gasteiger partial charge is 0.243 e. The summed E-state index contributed by atoms with van der Waals surface area (Å²) in [5.74, 6) is 0.620. The molecule has 1 aromatic rings. The first-order chi connectivity index (χ1) is 12.3. The highest BCUT2D eigenvalue weighted by molar-refractivity contribution is 7.92. The van der Waals surface area contributed by atoms with Gasteiger partial charge in [-0.1, -0.05) is 12.8 Å². The van der Waals surface area contributed by atoms with Gasteiger partial charge in [0.2, 0.25) is 22.7 Å². The summed E-state index contributed by atoms with van der Waals surface area (Å²) in [5, 5.41) is 10.1. The average molecular weight is 384 g/mol. The zero-order valence-electron chi connectivity index (χ0n) is 14.9. The molecule has 1 aromatic carbocycles. The van der Waals surface area contributed by atoms with Crippen LogP contribution in [0.4, 0.5) is 5.69 Å². The first kappa shape index (κ1) is 18.8. The van der Waals surface area contributed by atoms with Crippen molar-refractivity contribution < 1.29 is 27.8 Å². The molecule has 2 aliphatic rings. The van der Waals surface area contributed by atoms with Gasteiger partial charge in [-0.05, 0) is 25.0 Å². The van der Waals surface area contributed by atoms with Crippen LogP contribution >= 0.6 is 0 Å². The second-order valence-electron chi connectivity index (χ2n) is 6.73. The molecule has 1 aliphatic carbocycles. The van der Waals surface area contributed by atoms with Crippen LogP contribution in [0, 0.1) is 0 Å². The molecule has 1 fully saturated rings. The van der Waals surface area contributed by atoms with Gasteiger partial charge in [-0.15, -0.1) is 0 Å². The van der Waals surface area contributed by atoms with Gasteiger partial charge in [-0.25, -0.2) is 8.42 Å². The zero-order chi connectivity index (χ0) is 18.9. The Bertz CT molecular complexity index is 781. The van der Waals surface area contributed by atoms with Crippen molar-refractivity contribution in [3.05, 3.63) is 18.2 Å². The molecular weight excluding hydrogens is 360 g/mol. The second-order valence-corrected chi connectivity index (χ2v) is 8.64. The van der Waals surface area contributed by atoms with Gasteiger partial charge in [-0.3, -0.25) is 9.10 Å². The van der Waals surface area contributed by atoms with Crippen molar-refractivity contribution in [2.24, 2.45) is 0 Å². The number of carbonyl (C=O) groups excluding carboxylic acids is 1. The van der Waals surface area contributed by atoms with Gasteiger partial charge < -0.3 is 19.5 Å². The van der Waals surface area contributed by atoms with Gasteiger partial charge in [0.1, 0.15) is 6.54 Å². The summed E-state index contributed by atoms with van der Waals surface area (Å²) in [6, 6.07) is 4.47. The Balaban J connectivity index is 1.79. The number of ether oxygens (including phenoxy) is 2. The van der Waals surface area contributed by atoms with Crippen LogP contribution < -0.4 is 13.8 Å². The fourth-order valence-electron chi connectivity index (χ4n) is 3.40. The lowest BCUT2D eigenvalue weighted by molar-refractivity contribution is -0.133. The Hall–Kier alpha value is -2.00. The number of nitrogens with zero attached hydrogens (tertiary/aromatic N) is 2. The van der Waals surface area contributed by atoms with Crippen molar-refractivity contribution in [2.75, 3.05) is 30.9 Å². The largest absolute Gasteiger partial charge is 0.454 e. The third-order valence-corrected chi connectivity index (χ3v) is 6.05. The highest BCUT2D eigenvalue weighted by Gasteiger charge is 2.32. The van der Waals surface area contributed by atoms with E-state index in [4.69, 9.17) is 9.47 Å². The molecule has 3 rings (SSSR count). The molecule has 0 aromatic heterocycles. The number of sulfonamides is 1. The summed E-state index contributed by atoms with van der Waals surface area (Å²) >= 11 is 0. The first-order valence-corrected chi connectivity index (χ1v) is 10.4. The number of fused-ring (bicyclic) bond motifs is 1. The monoisotopic (exact) mass is 384 g/mol. The molecule has 8 nitrogen and oxygen atoms in total. The molecule has 1 saturated carbocycles. The van der Waals surface area contributed by atoms with Gasteiger partial charge in [0.05, 0.1) is 24.1 Å². The number of carbonyl (C=O) groups is 1. The van der Waals surface area contributed by atoms with Crippen molar-refractivity contribution in [3.8, 4) is 11.5 Å². The third kappa shape index (κ3) is 3.88. The van der Waals surface area contributed by atoms with Gasteiger partial charge in [0.15, 0.2) is 11.5 Å². The highest BCUT2D eigenvalue weighted by Crippen LogP contribution is 2.36. The van der Waals surface area contributed by atoms with E-state index in [9.17, 15) is 18.3 Å². The SMILES string of the molecule is CN(C(=O)CN(c1ccc2c(c1)OCO2)S(C)(=O)=O)C1CCCCC1O. The highest BCUT2D eigenvalue weighted by atomic mass is 32.2. The van der Waals surface area contributed by atoms with Crippen LogP contribution in [0.3, 0.4) is 0 Å². The lowest BCUT2D eigenvalue weighted by atomic mass is 9.91. The lowest BCUT2D eigenvalue weighted by Gasteiger charge is -2.36. The quantitative estimate of drug-likeness (QED) is 0.812. The molecular formula is C17H24N2O6S. The van der Waals surface area contributed by atoms with E-state index in [-0.39, 0.29) is 25.3 Å². The molecule has 0 spiro atoms. The fourth-order valence-corrected chi connectivity index (χ4v) is 4.24.